The third-order valence-electron chi connectivity index (χ3n) is 6.86. The first kappa shape index (κ1) is 24.9. The Morgan fingerprint density at radius 1 is 0.949 bits per heavy atom. The number of alkyl halides is 3. The van der Waals surface area contributed by atoms with Crippen molar-refractivity contribution in [1.82, 2.24) is 25.3 Å². The van der Waals surface area contributed by atoms with Crippen LogP contribution in [0.5, 0.6) is 0 Å². The van der Waals surface area contributed by atoms with Crippen molar-refractivity contribution < 1.29 is 13.2 Å². The zero-order valence-electron chi connectivity index (χ0n) is 21.1. The average molecular weight is 530 g/mol. The summed E-state index contributed by atoms with van der Waals surface area (Å²) in [6.07, 6.45) is 0.165. The van der Waals surface area contributed by atoms with E-state index < -0.39 is 11.9 Å². The number of para-hydroxylation sites is 1. The standard InChI is InChI=1S/C29H26F3N7/c1-18-17-39(13-12-33-18)21-9-7-20(8-10-21)37-28-36-15-23(19-6-11-26(35-14-19)29(30,31)32)27(38-28)24-16-34-25-5-3-2-4-22(24)25/h2-11,14-16,18,33-34H,12-13,17H2,1H3,(H,36,37,38)/t18-/m0/s1. The van der Waals surface area contributed by atoms with Crippen LogP contribution in [-0.2, 0) is 6.18 Å². The Bertz CT molecular complexity index is 1590. The molecule has 6 rings (SSSR count). The largest absolute Gasteiger partial charge is 0.433 e. The van der Waals surface area contributed by atoms with Gasteiger partial charge in [-0.05, 0) is 43.3 Å². The fourth-order valence-corrected chi connectivity index (χ4v) is 4.90. The van der Waals surface area contributed by atoms with Gasteiger partial charge in [-0.2, -0.15) is 13.2 Å². The van der Waals surface area contributed by atoms with Crippen molar-refractivity contribution in [3.8, 4) is 22.4 Å². The van der Waals surface area contributed by atoms with Crippen LogP contribution in [0.3, 0.4) is 0 Å². The molecule has 0 spiro atoms. The number of nitrogens with zero attached hydrogens (tertiary/aromatic N) is 4. The van der Waals surface area contributed by atoms with Gasteiger partial charge in [-0.15, -0.1) is 0 Å². The van der Waals surface area contributed by atoms with Crippen molar-refractivity contribution in [3.63, 3.8) is 0 Å². The Balaban J connectivity index is 1.35. The molecule has 39 heavy (non-hydrogen) atoms. The van der Waals surface area contributed by atoms with Crippen molar-refractivity contribution >= 4 is 28.2 Å². The number of benzene rings is 2. The number of rotatable bonds is 5. The lowest BCUT2D eigenvalue weighted by Gasteiger charge is -2.33. The molecule has 2 aromatic carbocycles. The summed E-state index contributed by atoms with van der Waals surface area (Å²) >= 11 is 0. The molecule has 0 unspecified atom stereocenters. The molecule has 1 fully saturated rings. The number of hydrogen-bond donors (Lipinski definition) is 3. The lowest BCUT2D eigenvalue weighted by molar-refractivity contribution is -0.141. The number of H-pyrrole nitrogens is 1. The van der Waals surface area contributed by atoms with E-state index in [0.29, 0.717) is 28.8 Å². The number of anilines is 3. The SMILES string of the molecule is C[C@H]1CN(c2ccc(Nc3ncc(-c4ccc(C(F)(F)F)nc4)c(-c4c[nH]c5ccccc45)n3)cc2)CCN1. The molecule has 1 saturated heterocycles. The number of pyridine rings is 1. The molecular weight excluding hydrogens is 503 g/mol. The first-order valence-corrected chi connectivity index (χ1v) is 12.7. The fraction of sp³-hybridized carbons (Fsp3) is 0.207. The quantitative estimate of drug-likeness (QED) is 0.250. The number of nitrogens with one attached hydrogen (secondary N) is 3. The van der Waals surface area contributed by atoms with Crippen LogP contribution in [0.15, 0.2) is 79.3 Å². The van der Waals surface area contributed by atoms with Crippen LogP contribution in [0.25, 0.3) is 33.3 Å². The van der Waals surface area contributed by atoms with Crippen LogP contribution in [0.4, 0.5) is 30.5 Å². The maximum Gasteiger partial charge on any atom is 0.433 e. The van der Waals surface area contributed by atoms with Gasteiger partial charge in [0.25, 0.3) is 0 Å². The second kappa shape index (κ2) is 10.0. The number of aromatic amines is 1. The van der Waals surface area contributed by atoms with E-state index in [-0.39, 0.29) is 0 Å². The predicted octanol–water partition coefficient (Wildman–Crippen LogP) is 6.25. The normalized spacial score (nSPS) is 16.0. The summed E-state index contributed by atoms with van der Waals surface area (Å²) in [5.74, 6) is 0.377. The number of fused-ring (bicyclic) bond motifs is 1. The molecule has 5 aromatic rings. The van der Waals surface area contributed by atoms with Gasteiger partial charge in [0.15, 0.2) is 0 Å². The van der Waals surface area contributed by atoms with E-state index in [9.17, 15) is 13.2 Å². The van der Waals surface area contributed by atoms with Crippen molar-refractivity contribution in [2.24, 2.45) is 0 Å². The van der Waals surface area contributed by atoms with E-state index in [4.69, 9.17) is 4.98 Å². The Hall–Kier alpha value is -4.44. The van der Waals surface area contributed by atoms with Gasteiger partial charge >= 0.3 is 6.18 Å². The van der Waals surface area contributed by atoms with Crippen LogP contribution >= 0.6 is 0 Å². The van der Waals surface area contributed by atoms with Gasteiger partial charge in [-0.25, -0.2) is 9.97 Å². The zero-order valence-corrected chi connectivity index (χ0v) is 21.1. The van der Waals surface area contributed by atoms with Gasteiger partial charge < -0.3 is 20.5 Å². The highest BCUT2D eigenvalue weighted by Gasteiger charge is 2.32. The molecule has 198 valence electrons. The number of halogens is 3. The second-order valence-electron chi connectivity index (χ2n) is 9.61. The molecule has 7 nitrogen and oxygen atoms in total. The van der Waals surface area contributed by atoms with Crippen LogP contribution in [0.2, 0.25) is 0 Å². The molecule has 1 aliphatic rings. The minimum absolute atomic E-state index is 0.377. The zero-order chi connectivity index (χ0) is 27.0. The summed E-state index contributed by atoms with van der Waals surface area (Å²) in [6, 6.07) is 18.7. The molecule has 3 N–H and O–H groups in total. The highest BCUT2D eigenvalue weighted by molar-refractivity contribution is 5.98. The first-order valence-electron chi connectivity index (χ1n) is 12.7. The Labute approximate surface area is 223 Å². The summed E-state index contributed by atoms with van der Waals surface area (Å²) in [4.78, 5) is 18.6. The summed E-state index contributed by atoms with van der Waals surface area (Å²) in [5.41, 5.74) is 4.43. The van der Waals surface area contributed by atoms with Crippen LogP contribution in [0, 0.1) is 0 Å². The maximum absolute atomic E-state index is 13.1. The summed E-state index contributed by atoms with van der Waals surface area (Å²) < 4.78 is 39.3. The van der Waals surface area contributed by atoms with E-state index in [2.05, 4.69) is 49.5 Å². The fourth-order valence-electron chi connectivity index (χ4n) is 4.90. The summed E-state index contributed by atoms with van der Waals surface area (Å²) in [6.45, 7) is 5.03. The molecule has 0 amide bonds. The van der Waals surface area contributed by atoms with Crippen molar-refractivity contribution in [3.05, 3.63) is 84.9 Å². The van der Waals surface area contributed by atoms with Gasteiger partial charge in [0.2, 0.25) is 5.95 Å². The summed E-state index contributed by atoms with van der Waals surface area (Å²) in [7, 11) is 0. The van der Waals surface area contributed by atoms with Crippen molar-refractivity contribution in [1.29, 1.82) is 0 Å². The van der Waals surface area contributed by atoms with E-state index in [1.54, 1.807) is 6.20 Å². The van der Waals surface area contributed by atoms with Gasteiger partial charge in [-0.3, -0.25) is 4.98 Å². The smallest absolute Gasteiger partial charge is 0.369 e. The highest BCUT2D eigenvalue weighted by Crippen LogP contribution is 2.36. The molecule has 1 aliphatic heterocycles. The average Bonchev–Trinajstić information content (AvgIpc) is 3.37. The minimum Gasteiger partial charge on any atom is -0.369 e. The number of piperazine rings is 1. The Kier molecular flexibility index (Phi) is 6.40. The topological polar surface area (TPSA) is 81.8 Å². The molecule has 4 heterocycles. The molecule has 0 saturated carbocycles. The molecule has 0 radical (unpaired) electrons. The minimum atomic E-state index is -4.51. The third kappa shape index (κ3) is 5.15. The van der Waals surface area contributed by atoms with Crippen molar-refractivity contribution in [2.45, 2.75) is 19.1 Å². The van der Waals surface area contributed by atoms with Crippen molar-refractivity contribution in [2.75, 3.05) is 29.9 Å². The van der Waals surface area contributed by atoms with E-state index >= 15 is 0 Å². The number of hydrogen-bond acceptors (Lipinski definition) is 6. The van der Waals surface area contributed by atoms with E-state index in [0.717, 1.165) is 53.5 Å². The molecule has 10 heteroatoms. The molecule has 1 atom stereocenters. The van der Waals surface area contributed by atoms with E-state index in [1.807, 2.05) is 42.6 Å². The first-order chi connectivity index (χ1) is 18.8. The van der Waals surface area contributed by atoms with Gasteiger partial charge in [-0.1, -0.05) is 24.3 Å². The van der Waals surface area contributed by atoms with Crippen LogP contribution in [0.1, 0.15) is 12.6 Å². The lowest BCUT2D eigenvalue weighted by atomic mass is 10.0. The van der Waals surface area contributed by atoms with E-state index in [1.165, 1.54) is 12.3 Å². The number of aromatic nitrogens is 4. The highest BCUT2D eigenvalue weighted by atomic mass is 19.4. The molecular formula is C29H26F3N7. The van der Waals surface area contributed by atoms with Crippen LogP contribution in [-0.4, -0.2) is 45.6 Å². The Morgan fingerprint density at radius 3 is 2.51 bits per heavy atom. The second-order valence-corrected chi connectivity index (χ2v) is 9.61. The van der Waals surface area contributed by atoms with Gasteiger partial charge in [0.1, 0.15) is 5.69 Å². The van der Waals surface area contributed by atoms with Gasteiger partial charge in [0, 0.05) is 83.2 Å². The lowest BCUT2D eigenvalue weighted by Crippen LogP contribution is -2.49. The Morgan fingerprint density at radius 2 is 1.77 bits per heavy atom. The monoisotopic (exact) mass is 529 g/mol. The summed E-state index contributed by atoms with van der Waals surface area (Å²) in [5, 5.41) is 7.67. The third-order valence-corrected chi connectivity index (χ3v) is 6.86. The maximum atomic E-state index is 13.1. The molecule has 0 bridgehead atoms. The predicted molar refractivity (Wildman–Crippen MR) is 147 cm³/mol. The van der Waals surface area contributed by atoms with Gasteiger partial charge in [0.05, 0.1) is 5.69 Å². The van der Waals surface area contributed by atoms with Crippen LogP contribution < -0.4 is 15.5 Å². The molecule has 3 aromatic heterocycles. The molecule has 0 aliphatic carbocycles.